The zero-order valence-corrected chi connectivity index (χ0v) is 44.9. The normalized spacial score (nSPS) is 15.0. The van der Waals surface area contributed by atoms with Crippen molar-refractivity contribution in [2.45, 2.75) is 57.8 Å². The highest BCUT2D eigenvalue weighted by molar-refractivity contribution is 6.22. The number of aromatic nitrogens is 2. The van der Waals surface area contributed by atoms with E-state index in [-0.39, 0.29) is 16.2 Å². The summed E-state index contributed by atoms with van der Waals surface area (Å²) in [5, 5.41) is 7.10. The van der Waals surface area contributed by atoms with Crippen LogP contribution in [0.3, 0.4) is 0 Å². The molecule has 79 heavy (non-hydrogen) atoms. The van der Waals surface area contributed by atoms with Crippen molar-refractivity contribution in [2.24, 2.45) is 0 Å². The molecular weight excluding hydrogens is 963 g/mol. The summed E-state index contributed by atoms with van der Waals surface area (Å²) in [5.41, 5.74) is 27.2. The first kappa shape index (κ1) is 44.7. The molecule has 0 radical (unpaired) electrons. The molecular formula is C74H53N3O2. The first-order valence-electron chi connectivity index (χ1n) is 27.7. The fourth-order valence-electron chi connectivity index (χ4n) is 15.0. The highest BCUT2D eigenvalue weighted by Crippen LogP contribution is 2.64. The molecule has 0 amide bonds. The topological polar surface area (TPSA) is 47.3 Å². The van der Waals surface area contributed by atoms with Gasteiger partial charge in [-0.25, -0.2) is 0 Å². The van der Waals surface area contributed by atoms with E-state index in [2.05, 4.69) is 256 Å². The van der Waals surface area contributed by atoms with Crippen LogP contribution in [0.2, 0.25) is 0 Å². The predicted molar refractivity (Wildman–Crippen MR) is 326 cm³/mol. The molecule has 5 heteroatoms. The Morgan fingerprint density at radius 3 is 1.65 bits per heavy atom. The lowest BCUT2D eigenvalue weighted by molar-refractivity contribution is 0.600. The van der Waals surface area contributed by atoms with Gasteiger partial charge in [-0.3, -0.25) is 4.98 Å². The number of furan rings is 2. The molecule has 0 saturated heterocycles. The number of pyridine rings is 1. The lowest BCUT2D eigenvalue weighted by atomic mass is 9.72. The number of hydrogen-bond acceptors (Lipinski definition) is 4. The highest BCUT2D eigenvalue weighted by atomic mass is 16.3. The monoisotopic (exact) mass is 1020 g/mol. The van der Waals surface area contributed by atoms with Gasteiger partial charge in [0.15, 0.2) is 0 Å². The van der Waals surface area contributed by atoms with Crippen molar-refractivity contribution >= 4 is 82.7 Å². The lowest BCUT2D eigenvalue weighted by Crippen LogP contribution is -2.24. The van der Waals surface area contributed by atoms with E-state index < -0.39 is 0 Å². The van der Waals surface area contributed by atoms with Crippen molar-refractivity contribution in [3.05, 3.63) is 246 Å². The molecule has 3 aliphatic carbocycles. The number of benzene rings is 10. The van der Waals surface area contributed by atoms with Crippen LogP contribution in [0.5, 0.6) is 0 Å². The van der Waals surface area contributed by atoms with Crippen LogP contribution >= 0.6 is 0 Å². The maximum absolute atomic E-state index is 7.06. The van der Waals surface area contributed by atoms with Gasteiger partial charge in [0.1, 0.15) is 22.3 Å². The molecule has 0 bridgehead atoms. The number of fused-ring (bicyclic) bond motifs is 22. The SMILES string of the molecule is CC1(C)c2cc(N(c3ccc4c(c3)C(C)(C)c3c5c(c6oc7ccccc7c6c3-4)-c3ccccc3C5(C)C)c3ccc4c5ccccc5n(-c5ccccc5)c4c3)ccc2-c2c1cc(-c1ccncc1)c1oc3ccccc3c21. The molecule has 0 unspecified atom stereocenters. The molecule has 14 aromatic rings. The van der Waals surface area contributed by atoms with Crippen LogP contribution in [0.25, 0.3) is 116 Å². The van der Waals surface area contributed by atoms with Gasteiger partial charge in [-0.2, -0.15) is 0 Å². The van der Waals surface area contributed by atoms with Gasteiger partial charge in [0, 0.05) is 94.8 Å². The van der Waals surface area contributed by atoms with Crippen molar-refractivity contribution in [1.29, 1.82) is 0 Å². The molecule has 0 spiro atoms. The van der Waals surface area contributed by atoms with Crippen molar-refractivity contribution in [2.75, 3.05) is 4.90 Å². The Hall–Kier alpha value is -9.45. The molecule has 4 heterocycles. The summed E-state index contributed by atoms with van der Waals surface area (Å²) < 4.78 is 16.3. The van der Waals surface area contributed by atoms with Crippen molar-refractivity contribution < 1.29 is 8.83 Å². The molecule has 0 N–H and O–H groups in total. The second kappa shape index (κ2) is 15.4. The van der Waals surface area contributed by atoms with E-state index in [0.29, 0.717) is 0 Å². The van der Waals surface area contributed by atoms with E-state index >= 15 is 0 Å². The number of rotatable bonds is 5. The Morgan fingerprint density at radius 2 is 0.911 bits per heavy atom. The third-order valence-corrected chi connectivity index (χ3v) is 18.6. The van der Waals surface area contributed by atoms with E-state index in [4.69, 9.17) is 8.83 Å². The van der Waals surface area contributed by atoms with Crippen LogP contribution in [0.4, 0.5) is 17.1 Å². The molecule has 376 valence electrons. The lowest BCUT2D eigenvalue weighted by Gasteiger charge is -2.32. The Labute approximate surface area is 457 Å². The Morgan fingerprint density at radius 1 is 0.380 bits per heavy atom. The summed E-state index contributed by atoms with van der Waals surface area (Å²) >= 11 is 0. The fraction of sp³-hybridized carbons (Fsp3) is 0.122. The van der Waals surface area contributed by atoms with Gasteiger partial charge in [-0.15, -0.1) is 0 Å². The standard InChI is InChI=1S/C74H53N3O2/c1-72(2)56-38-44(29-32-50(56)63-58(72)41-54(42-34-36-75-37-35-42)70-65(63)52-22-12-16-26-61(52)78-70)76(46-28-31-48-47-20-11-15-25-59(47)77(60(48)40-46)43-18-8-7-9-19-43)45-30-33-51-57(39-45)74(5,6)68-64(51)66-53-23-13-17-27-62(53)79-71(66)67-49-21-10-14-24-55(49)73(3,4)69(67)68/h7-41H,1-6H3. The van der Waals surface area contributed by atoms with Gasteiger partial charge >= 0.3 is 0 Å². The van der Waals surface area contributed by atoms with Gasteiger partial charge in [-0.1, -0.05) is 157 Å². The maximum Gasteiger partial charge on any atom is 0.144 e. The average molecular weight is 1020 g/mol. The number of para-hydroxylation sites is 4. The summed E-state index contributed by atoms with van der Waals surface area (Å²) in [5.74, 6) is 0. The highest BCUT2D eigenvalue weighted by Gasteiger charge is 2.49. The van der Waals surface area contributed by atoms with Gasteiger partial charge in [0.05, 0.1) is 11.0 Å². The summed E-state index contributed by atoms with van der Waals surface area (Å²) in [6.07, 6.45) is 3.75. The summed E-state index contributed by atoms with van der Waals surface area (Å²) in [7, 11) is 0. The van der Waals surface area contributed by atoms with Crippen LogP contribution < -0.4 is 4.90 Å². The van der Waals surface area contributed by atoms with Gasteiger partial charge in [0.2, 0.25) is 0 Å². The number of hydrogen-bond donors (Lipinski definition) is 0. The van der Waals surface area contributed by atoms with Crippen LogP contribution in [0, 0.1) is 0 Å². The van der Waals surface area contributed by atoms with E-state index in [9.17, 15) is 0 Å². The number of anilines is 3. The molecule has 0 fully saturated rings. The van der Waals surface area contributed by atoms with E-state index in [1.807, 2.05) is 12.4 Å². The second-order valence-corrected chi connectivity index (χ2v) is 23.8. The zero-order valence-electron chi connectivity index (χ0n) is 44.9. The zero-order chi connectivity index (χ0) is 52.8. The minimum absolute atomic E-state index is 0.258. The van der Waals surface area contributed by atoms with Gasteiger partial charge < -0.3 is 18.3 Å². The van der Waals surface area contributed by atoms with Gasteiger partial charge in [-0.05, 0) is 152 Å². The Balaban J connectivity index is 0.923. The average Bonchev–Trinajstić information content (AvgIpc) is 3.17. The van der Waals surface area contributed by atoms with E-state index in [1.165, 1.54) is 88.4 Å². The quantitative estimate of drug-likeness (QED) is 0.172. The van der Waals surface area contributed by atoms with Gasteiger partial charge in [0.25, 0.3) is 0 Å². The van der Waals surface area contributed by atoms with E-state index in [0.717, 1.165) is 77.9 Å². The number of nitrogens with zero attached hydrogens (tertiary/aromatic N) is 3. The molecule has 4 aromatic heterocycles. The predicted octanol–water partition coefficient (Wildman–Crippen LogP) is 20.0. The van der Waals surface area contributed by atoms with Crippen LogP contribution in [0.15, 0.2) is 221 Å². The van der Waals surface area contributed by atoms with Crippen LogP contribution in [0.1, 0.15) is 74.9 Å². The smallest absolute Gasteiger partial charge is 0.144 e. The van der Waals surface area contributed by atoms with Crippen molar-refractivity contribution in [3.8, 4) is 50.2 Å². The Bertz CT molecular complexity index is 4990. The fourth-order valence-corrected chi connectivity index (χ4v) is 15.0. The van der Waals surface area contributed by atoms with Crippen molar-refractivity contribution in [1.82, 2.24) is 9.55 Å². The molecule has 3 aliphatic rings. The molecule has 0 aliphatic heterocycles. The van der Waals surface area contributed by atoms with Crippen molar-refractivity contribution in [3.63, 3.8) is 0 Å². The maximum atomic E-state index is 7.06. The van der Waals surface area contributed by atoms with Crippen LogP contribution in [-0.4, -0.2) is 9.55 Å². The summed E-state index contributed by atoms with van der Waals surface area (Å²) in [6.45, 7) is 14.5. The molecule has 0 saturated carbocycles. The van der Waals surface area contributed by atoms with Crippen LogP contribution in [-0.2, 0) is 16.2 Å². The molecule has 5 nitrogen and oxygen atoms in total. The molecule has 17 rings (SSSR count). The first-order valence-corrected chi connectivity index (χ1v) is 27.7. The largest absolute Gasteiger partial charge is 0.455 e. The third kappa shape index (κ3) is 5.76. The minimum Gasteiger partial charge on any atom is -0.455 e. The summed E-state index contributed by atoms with van der Waals surface area (Å²) in [6, 6.07) is 73.9. The van der Waals surface area contributed by atoms with E-state index in [1.54, 1.807) is 0 Å². The minimum atomic E-state index is -0.376. The molecule has 0 atom stereocenters. The molecule has 10 aromatic carbocycles. The summed E-state index contributed by atoms with van der Waals surface area (Å²) in [4.78, 5) is 6.91. The Kier molecular flexibility index (Phi) is 8.70. The first-order chi connectivity index (χ1) is 38.5. The second-order valence-electron chi connectivity index (χ2n) is 23.8. The third-order valence-electron chi connectivity index (χ3n) is 18.6.